The van der Waals surface area contributed by atoms with Crippen LogP contribution in [0.3, 0.4) is 0 Å². The van der Waals surface area contributed by atoms with Crippen LogP contribution >= 0.6 is 0 Å². The van der Waals surface area contributed by atoms with Crippen LogP contribution in [0, 0.1) is 0 Å². The number of nitrogens with one attached hydrogen (secondary N) is 2. The smallest absolute Gasteiger partial charge is 0.255 e. The van der Waals surface area contributed by atoms with Crippen molar-refractivity contribution in [2.45, 2.75) is 37.9 Å². The molecular formula is C36H36N2O7. The molecule has 0 saturated carbocycles. The fourth-order valence-electron chi connectivity index (χ4n) is 5.09. The van der Waals surface area contributed by atoms with Crippen molar-refractivity contribution in [2.75, 3.05) is 37.1 Å². The predicted octanol–water partition coefficient (Wildman–Crippen LogP) is 7.10. The zero-order chi connectivity index (χ0) is 30.8. The summed E-state index contributed by atoms with van der Waals surface area (Å²) in [5, 5.41) is 5.80. The van der Waals surface area contributed by atoms with Crippen molar-refractivity contribution in [2.24, 2.45) is 0 Å². The van der Waals surface area contributed by atoms with Crippen molar-refractivity contribution in [1.82, 2.24) is 0 Å². The summed E-state index contributed by atoms with van der Waals surface area (Å²) in [6.45, 7) is 2.62. The minimum absolute atomic E-state index is 0.143. The fourth-order valence-corrected chi connectivity index (χ4v) is 5.09. The molecule has 0 aliphatic carbocycles. The largest absolute Gasteiger partial charge is 0.491 e. The quantitative estimate of drug-likeness (QED) is 0.177. The van der Waals surface area contributed by atoms with Crippen LogP contribution in [-0.2, 0) is 9.47 Å². The number of carbonyl (C=O) groups is 2. The monoisotopic (exact) mass is 608 g/mol. The molecule has 0 spiro atoms. The van der Waals surface area contributed by atoms with Crippen molar-refractivity contribution in [3.05, 3.63) is 108 Å². The molecule has 2 unspecified atom stereocenters. The average Bonchev–Trinajstić information content (AvgIpc) is 3.80. The Balaban J connectivity index is 0.945. The van der Waals surface area contributed by atoms with Crippen LogP contribution in [0.5, 0.6) is 23.0 Å². The van der Waals surface area contributed by atoms with Crippen molar-refractivity contribution in [3.63, 3.8) is 0 Å². The van der Waals surface area contributed by atoms with E-state index in [0.29, 0.717) is 58.7 Å². The molecule has 45 heavy (non-hydrogen) atoms. The number of amides is 2. The number of rotatable bonds is 12. The van der Waals surface area contributed by atoms with Crippen molar-refractivity contribution >= 4 is 23.2 Å². The highest BCUT2D eigenvalue weighted by molar-refractivity contribution is 6.05. The molecule has 2 aliphatic heterocycles. The van der Waals surface area contributed by atoms with Crippen molar-refractivity contribution < 1.29 is 33.3 Å². The zero-order valence-electron chi connectivity index (χ0n) is 24.9. The van der Waals surface area contributed by atoms with E-state index in [-0.39, 0.29) is 24.0 Å². The van der Waals surface area contributed by atoms with Crippen molar-refractivity contribution in [3.8, 4) is 23.0 Å². The summed E-state index contributed by atoms with van der Waals surface area (Å²) in [5.41, 5.74) is 2.35. The van der Waals surface area contributed by atoms with E-state index in [1.54, 1.807) is 97.1 Å². The van der Waals surface area contributed by atoms with E-state index in [9.17, 15) is 9.59 Å². The van der Waals surface area contributed by atoms with Gasteiger partial charge in [0.1, 0.15) is 36.2 Å². The molecule has 9 heteroatoms. The van der Waals surface area contributed by atoms with Gasteiger partial charge in [-0.3, -0.25) is 9.59 Å². The maximum absolute atomic E-state index is 12.7. The molecule has 4 aromatic carbocycles. The maximum Gasteiger partial charge on any atom is 0.255 e. The molecule has 0 bridgehead atoms. The molecule has 2 atom stereocenters. The first kappa shape index (κ1) is 30.2. The molecule has 0 aromatic heterocycles. The van der Waals surface area contributed by atoms with Gasteiger partial charge in [0.05, 0.1) is 12.2 Å². The Labute approximate surface area is 262 Å². The number of hydrogen-bond donors (Lipinski definition) is 2. The van der Waals surface area contributed by atoms with Gasteiger partial charge in [-0.05, 0) is 123 Å². The molecule has 9 nitrogen and oxygen atoms in total. The van der Waals surface area contributed by atoms with Crippen LogP contribution in [0.1, 0.15) is 46.4 Å². The van der Waals surface area contributed by atoms with Crippen LogP contribution in [0.2, 0.25) is 0 Å². The van der Waals surface area contributed by atoms with Crippen LogP contribution in [-0.4, -0.2) is 50.4 Å². The molecule has 0 radical (unpaired) electrons. The zero-order valence-corrected chi connectivity index (χ0v) is 24.9. The second-order valence-electron chi connectivity index (χ2n) is 11.0. The van der Waals surface area contributed by atoms with Gasteiger partial charge in [0.15, 0.2) is 0 Å². The van der Waals surface area contributed by atoms with Crippen LogP contribution in [0.4, 0.5) is 11.4 Å². The van der Waals surface area contributed by atoms with Gasteiger partial charge in [-0.2, -0.15) is 0 Å². The van der Waals surface area contributed by atoms with Gasteiger partial charge in [0, 0.05) is 35.7 Å². The highest BCUT2D eigenvalue weighted by Crippen LogP contribution is 2.26. The van der Waals surface area contributed by atoms with Gasteiger partial charge in [-0.25, -0.2) is 0 Å². The van der Waals surface area contributed by atoms with E-state index < -0.39 is 0 Å². The predicted molar refractivity (Wildman–Crippen MR) is 171 cm³/mol. The SMILES string of the molecule is O=C(Nc1ccc(Oc2ccc(NC(=O)c3ccc(OCC4CCCO4)cc3)cc2)cc1)c1ccc(OCC2CCCO2)cc1. The van der Waals surface area contributed by atoms with Gasteiger partial charge in [-0.15, -0.1) is 0 Å². The summed E-state index contributed by atoms with van der Waals surface area (Å²) in [6, 6.07) is 28.3. The second-order valence-corrected chi connectivity index (χ2v) is 11.0. The second kappa shape index (κ2) is 14.7. The molecule has 2 fully saturated rings. The van der Waals surface area contributed by atoms with Gasteiger partial charge in [0.2, 0.25) is 0 Å². The lowest BCUT2D eigenvalue weighted by Gasteiger charge is -2.12. The lowest BCUT2D eigenvalue weighted by molar-refractivity contribution is 0.0679. The van der Waals surface area contributed by atoms with Gasteiger partial charge in [-0.1, -0.05) is 0 Å². The Bertz CT molecular complexity index is 1420. The number of ether oxygens (including phenoxy) is 5. The third-order valence-corrected chi connectivity index (χ3v) is 7.61. The molecule has 2 saturated heterocycles. The summed E-state index contributed by atoms with van der Waals surface area (Å²) in [7, 11) is 0. The standard InChI is InChI=1S/C36H36N2O7/c39-35(25-5-13-29(14-6-25)43-23-33-3-1-21-41-33)37-27-9-17-31(18-10-27)45-32-19-11-28(12-20-32)38-36(40)26-7-15-30(16-8-26)44-24-34-4-2-22-42-34/h5-20,33-34H,1-4,21-24H2,(H,37,39)(H,38,40). The molecule has 2 amide bonds. The van der Waals surface area contributed by atoms with Crippen LogP contribution in [0.25, 0.3) is 0 Å². The highest BCUT2D eigenvalue weighted by Gasteiger charge is 2.17. The Morgan fingerprint density at radius 1 is 0.556 bits per heavy atom. The third-order valence-electron chi connectivity index (χ3n) is 7.61. The third kappa shape index (κ3) is 8.62. The Morgan fingerprint density at radius 2 is 0.933 bits per heavy atom. The van der Waals surface area contributed by atoms with Gasteiger partial charge in [0.25, 0.3) is 11.8 Å². The Morgan fingerprint density at radius 3 is 1.29 bits per heavy atom. The molecule has 2 N–H and O–H groups in total. The van der Waals surface area contributed by atoms with Crippen LogP contribution < -0.4 is 24.8 Å². The van der Waals surface area contributed by atoms with Gasteiger partial charge >= 0.3 is 0 Å². The normalized spacial score (nSPS) is 17.4. The molecule has 4 aromatic rings. The Hall–Kier alpha value is -4.86. The molecule has 232 valence electrons. The van der Waals surface area contributed by atoms with E-state index in [4.69, 9.17) is 23.7 Å². The lowest BCUT2D eigenvalue weighted by atomic mass is 10.2. The van der Waals surface area contributed by atoms with E-state index in [0.717, 1.165) is 38.9 Å². The minimum Gasteiger partial charge on any atom is -0.491 e. The lowest BCUT2D eigenvalue weighted by Crippen LogP contribution is -2.16. The molecule has 6 rings (SSSR count). The van der Waals surface area contributed by atoms with E-state index in [2.05, 4.69) is 10.6 Å². The first-order valence-electron chi connectivity index (χ1n) is 15.3. The molecule has 2 heterocycles. The summed E-state index contributed by atoms with van der Waals surface area (Å²) in [4.78, 5) is 25.4. The highest BCUT2D eigenvalue weighted by atomic mass is 16.5. The number of hydrogen-bond acceptors (Lipinski definition) is 7. The maximum atomic E-state index is 12.7. The topological polar surface area (TPSA) is 104 Å². The summed E-state index contributed by atoms with van der Waals surface area (Å²) < 4.78 is 28.6. The van der Waals surface area contributed by atoms with E-state index in [1.807, 2.05) is 0 Å². The fraction of sp³-hybridized carbons (Fsp3) is 0.278. The molecular weight excluding hydrogens is 572 g/mol. The average molecular weight is 609 g/mol. The first-order chi connectivity index (χ1) is 22.1. The van der Waals surface area contributed by atoms with Gasteiger partial charge < -0.3 is 34.3 Å². The summed E-state index contributed by atoms with van der Waals surface area (Å²) in [6.07, 6.45) is 4.45. The summed E-state index contributed by atoms with van der Waals surface area (Å²) >= 11 is 0. The number of anilines is 2. The van der Waals surface area contributed by atoms with Crippen LogP contribution in [0.15, 0.2) is 97.1 Å². The van der Waals surface area contributed by atoms with E-state index >= 15 is 0 Å². The molecule has 2 aliphatic rings. The van der Waals surface area contributed by atoms with E-state index in [1.165, 1.54) is 0 Å². The summed E-state index contributed by atoms with van der Waals surface area (Å²) in [5.74, 6) is 2.20. The number of carbonyl (C=O) groups excluding carboxylic acids is 2. The first-order valence-corrected chi connectivity index (χ1v) is 15.3. The Kier molecular flexibility index (Phi) is 9.89. The minimum atomic E-state index is -0.217. The number of benzene rings is 4. The van der Waals surface area contributed by atoms with Crippen molar-refractivity contribution in [1.29, 1.82) is 0 Å².